The molecule has 0 saturated carbocycles. The van der Waals surface area contributed by atoms with Gasteiger partial charge in [-0.05, 0) is 67.6 Å². The van der Waals surface area contributed by atoms with Gasteiger partial charge in [-0.15, -0.1) is 0 Å². The van der Waals surface area contributed by atoms with Crippen molar-refractivity contribution in [3.05, 3.63) is 53.3 Å². The van der Waals surface area contributed by atoms with E-state index in [0.29, 0.717) is 22.4 Å². The highest BCUT2D eigenvalue weighted by molar-refractivity contribution is 7.80. The largest absolute Gasteiger partial charge is 0.494 e. The van der Waals surface area contributed by atoms with Crippen molar-refractivity contribution in [2.45, 2.75) is 38.5 Å². The lowest BCUT2D eigenvalue weighted by Crippen LogP contribution is -2.29. The van der Waals surface area contributed by atoms with Crippen LogP contribution < -0.4 is 26.4 Å². The predicted molar refractivity (Wildman–Crippen MR) is 136 cm³/mol. The predicted octanol–water partition coefficient (Wildman–Crippen LogP) is 5.84. The molecule has 0 fully saturated rings. The van der Waals surface area contributed by atoms with E-state index < -0.39 is 5.82 Å². The van der Waals surface area contributed by atoms with Crippen LogP contribution in [-0.4, -0.2) is 23.4 Å². The first-order chi connectivity index (χ1) is 14.9. The number of unbranched alkanes of at least 4 members (excludes halogenated alkanes) is 5. The molecule has 0 aliphatic rings. The Kier molecular flexibility index (Phi) is 11.3. The van der Waals surface area contributed by atoms with Crippen molar-refractivity contribution in [1.29, 1.82) is 0 Å². The second-order valence-corrected chi connectivity index (χ2v) is 8.28. The van der Waals surface area contributed by atoms with Crippen molar-refractivity contribution in [2.75, 3.05) is 23.8 Å². The van der Waals surface area contributed by atoms with E-state index >= 15 is 0 Å². The molecule has 9 heteroatoms. The van der Waals surface area contributed by atoms with Gasteiger partial charge in [0.25, 0.3) is 0 Å². The molecule has 0 amide bonds. The van der Waals surface area contributed by atoms with E-state index in [1.807, 2.05) is 24.3 Å². The van der Waals surface area contributed by atoms with Crippen LogP contribution in [0.3, 0.4) is 0 Å². The minimum absolute atomic E-state index is 0.237. The molecule has 0 heterocycles. The molecule has 0 bridgehead atoms. The molecule has 2 rings (SSSR count). The zero-order valence-corrected chi connectivity index (χ0v) is 19.6. The summed E-state index contributed by atoms with van der Waals surface area (Å²) >= 11 is 15.8. The summed E-state index contributed by atoms with van der Waals surface area (Å²) in [5, 5.41) is 9.84. The number of rotatable bonds is 12. The fourth-order valence-corrected chi connectivity index (χ4v) is 3.38. The van der Waals surface area contributed by atoms with Gasteiger partial charge in [-0.25, -0.2) is 4.39 Å². The second kappa shape index (κ2) is 14.0. The van der Waals surface area contributed by atoms with Gasteiger partial charge in [0, 0.05) is 23.3 Å². The summed E-state index contributed by atoms with van der Waals surface area (Å²) in [6.45, 7) is 1.43. The highest BCUT2D eigenvalue weighted by atomic mass is 35.5. The van der Waals surface area contributed by atoms with E-state index in [1.54, 1.807) is 12.1 Å². The lowest BCUT2D eigenvalue weighted by atomic mass is 10.1. The Morgan fingerprint density at radius 1 is 0.968 bits per heavy atom. The van der Waals surface area contributed by atoms with Crippen molar-refractivity contribution >= 4 is 57.6 Å². The third-order valence-corrected chi connectivity index (χ3v) is 4.99. The number of thiocarbonyl (C=S) groups is 2. The summed E-state index contributed by atoms with van der Waals surface area (Å²) in [5.41, 5.74) is 6.62. The molecular formula is C22H28ClFN4OS2. The Labute approximate surface area is 198 Å². The summed E-state index contributed by atoms with van der Waals surface area (Å²) in [6, 6.07) is 12.0. The molecule has 0 aliphatic heterocycles. The number of ether oxygens (including phenoxy) is 1. The van der Waals surface area contributed by atoms with Crippen LogP contribution in [0.2, 0.25) is 5.02 Å². The van der Waals surface area contributed by atoms with Gasteiger partial charge >= 0.3 is 0 Å². The molecule has 2 aromatic rings. The standard InChI is InChI=1S/C22H28ClFN4OS2/c23-16-10-11-20(19(24)14-16)28-22(31)26-12-5-3-1-2-4-6-13-29-18-9-7-8-17(15-18)27-21(25)30/h7-11,14-15H,1-6,12-13H2,(H3,25,27,30)(H2,26,28,31). The van der Waals surface area contributed by atoms with E-state index in [9.17, 15) is 4.39 Å². The average Bonchev–Trinajstić information content (AvgIpc) is 2.71. The van der Waals surface area contributed by atoms with Gasteiger partial charge in [0.1, 0.15) is 11.6 Å². The minimum Gasteiger partial charge on any atom is -0.494 e. The lowest BCUT2D eigenvalue weighted by Gasteiger charge is -2.11. The Bertz CT molecular complexity index is 869. The van der Waals surface area contributed by atoms with Crippen molar-refractivity contribution < 1.29 is 9.13 Å². The first-order valence-corrected chi connectivity index (χ1v) is 11.4. The quantitative estimate of drug-likeness (QED) is 0.224. The highest BCUT2D eigenvalue weighted by Crippen LogP contribution is 2.19. The van der Waals surface area contributed by atoms with Crippen molar-refractivity contribution in [2.24, 2.45) is 5.73 Å². The zero-order valence-electron chi connectivity index (χ0n) is 17.3. The molecule has 31 heavy (non-hydrogen) atoms. The molecule has 5 nitrogen and oxygen atoms in total. The molecule has 0 saturated heterocycles. The first kappa shape index (κ1) is 25.1. The van der Waals surface area contributed by atoms with Crippen LogP contribution in [0.25, 0.3) is 0 Å². The number of nitrogens with two attached hydrogens (primary N) is 1. The molecule has 168 valence electrons. The number of hydrogen-bond acceptors (Lipinski definition) is 3. The maximum absolute atomic E-state index is 13.7. The Hall–Kier alpha value is -2.16. The van der Waals surface area contributed by atoms with E-state index in [1.165, 1.54) is 6.07 Å². The topological polar surface area (TPSA) is 71.3 Å². The zero-order chi connectivity index (χ0) is 22.5. The van der Waals surface area contributed by atoms with Gasteiger partial charge in [-0.2, -0.15) is 0 Å². The fourth-order valence-electron chi connectivity index (χ4n) is 2.89. The van der Waals surface area contributed by atoms with Crippen LogP contribution >= 0.6 is 36.0 Å². The third-order valence-electron chi connectivity index (χ3n) is 4.41. The first-order valence-electron chi connectivity index (χ1n) is 10.2. The Balaban J connectivity index is 1.47. The molecule has 0 spiro atoms. The van der Waals surface area contributed by atoms with Crippen molar-refractivity contribution in [1.82, 2.24) is 5.32 Å². The van der Waals surface area contributed by atoms with Gasteiger partial charge in [-0.3, -0.25) is 0 Å². The van der Waals surface area contributed by atoms with Crippen LogP contribution in [0.1, 0.15) is 38.5 Å². The van der Waals surface area contributed by atoms with E-state index in [-0.39, 0.29) is 5.11 Å². The van der Waals surface area contributed by atoms with Crippen LogP contribution in [0.4, 0.5) is 15.8 Å². The van der Waals surface area contributed by atoms with Gasteiger partial charge in [0.15, 0.2) is 10.2 Å². The van der Waals surface area contributed by atoms with Gasteiger partial charge < -0.3 is 26.4 Å². The normalized spacial score (nSPS) is 10.4. The summed E-state index contributed by atoms with van der Waals surface area (Å²) in [4.78, 5) is 0. The summed E-state index contributed by atoms with van der Waals surface area (Å²) in [5.74, 6) is 0.375. The number of anilines is 2. The van der Waals surface area contributed by atoms with Crippen LogP contribution in [-0.2, 0) is 0 Å². The summed E-state index contributed by atoms with van der Waals surface area (Å²) in [7, 11) is 0. The molecule has 0 aromatic heterocycles. The number of nitrogens with one attached hydrogen (secondary N) is 3. The van der Waals surface area contributed by atoms with Gasteiger partial charge in [-0.1, -0.05) is 43.4 Å². The lowest BCUT2D eigenvalue weighted by molar-refractivity contribution is 0.304. The molecule has 0 aliphatic carbocycles. The molecule has 2 aromatic carbocycles. The summed E-state index contributed by atoms with van der Waals surface area (Å²) in [6.07, 6.45) is 6.55. The maximum Gasteiger partial charge on any atom is 0.170 e. The Morgan fingerprint density at radius 3 is 2.45 bits per heavy atom. The molecule has 0 radical (unpaired) electrons. The molecule has 0 atom stereocenters. The molecule has 0 unspecified atom stereocenters. The van der Waals surface area contributed by atoms with Crippen LogP contribution in [0.15, 0.2) is 42.5 Å². The molecule has 5 N–H and O–H groups in total. The number of benzene rings is 2. The van der Waals surface area contributed by atoms with E-state index in [2.05, 4.69) is 16.0 Å². The number of halogens is 2. The van der Waals surface area contributed by atoms with Crippen molar-refractivity contribution in [3.8, 4) is 5.75 Å². The summed E-state index contributed by atoms with van der Waals surface area (Å²) < 4.78 is 19.5. The fraction of sp³-hybridized carbons (Fsp3) is 0.364. The van der Waals surface area contributed by atoms with E-state index in [4.69, 9.17) is 46.5 Å². The van der Waals surface area contributed by atoms with E-state index in [0.717, 1.165) is 56.5 Å². The van der Waals surface area contributed by atoms with Crippen molar-refractivity contribution in [3.63, 3.8) is 0 Å². The maximum atomic E-state index is 13.7. The van der Waals surface area contributed by atoms with Gasteiger partial charge in [0.05, 0.1) is 12.3 Å². The second-order valence-electron chi connectivity index (χ2n) is 6.99. The monoisotopic (exact) mass is 482 g/mol. The highest BCUT2D eigenvalue weighted by Gasteiger charge is 2.04. The molecular weight excluding hydrogens is 455 g/mol. The SMILES string of the molecule is NC(=S)Nc1cccc(OCCCCCCCCNC(=S)Nc2ccc(Cl)cc2F)c1. The van der Waals surface area contributed by atoms with Gasteiger partial charge in [0.2, 0.25) is 0 Å². The number of hydrogen-bond donors (Lipinski definition) is 4. The Morgan fingerprint density at radius 2 is 1.71 bits per heavy atom. The van der Waals surface area contributed by atoms with Crippen LogP contribution in [0.5, 0.6) is 5.75 Å². The minimum atomic E-state index is -0.426. The smallest absolute Gasteiger partial charge is 0.170 e. The third kappa shape index (κ3) is 10.6. The average molecular weight is 483 g/mol. The van der Waals surface area contributed by atoms with Crippen LogP contribution in [0, 0.1) is 5.82 Å².